The number of pyridine rings is 2. The molecule has 4 aromatic heterocycles. The van der Waals surface area contributed by atoms with Crippen LogP contribution in [0.15, 0.2) is 76.0 Å². The molecule has 0 saturated heterocycles. The second-order valence-electron chi connectivity index (χ2n) is 7.63. The number of hydrogen-bond donors (Lipinski definition) is 2. The summed E-state index contributed by atoms with van der Waals surface area (Å²) in [5.41, 5.74) is 4.87. The van der Waals surface area contributed by atoms with E-state index in [2.05, 4.69) is 21.4 Å². The first kappa shape index (κ1) is 18.5. The molecule has 1 aliphatic rings. The molecule has 0 radical (unpaired) electrons. The van der Waals surface area contributed by atoms with Gasteiger partial charge in [0.2, 0.25) is 5.89 Å². The first-order valence-corrected chi connectivity index (χ1v) is 10.2. The fourth-order valence-electron chi connectivity index (χ4n) is 3.97. The second-order valence-corrected chi connectivity index (χ2v) is 7.63. The number of oxazole rings is 1. The van der Waals surface area contributed by atoms with Gasteiger partial charge in [-0.25, -0.2) is 9.97 Å². The molecule has 1 aliphatic heterocycles. The van der Waals surface area contributed by atoms with Crippen LogP contribution < -0.4 is 5.32 Å². The van der Waals surface area contributed by atoms with Gasteiger partial charge in [0, 0.05) is 22.7 Å². The summed E-state index contributed by atoms with van der Waals surface area (Å²) in [5, 5.41) is 14.7. The van der Waals surface area contributed by atoms with E-state index in [4.69, 9.17) is 13.8 Å². The Hall–Kier alpha value is -4.23. The van der Waals surface area contributed by atoms with Crippen LogP contribution in [-0.2, 0) is 0 Å². The third-order valence-corrected chi connectivity index (χ3v) is 5.50. The molecule has 0 fully saturated rings. The lowest BCUT2D eigenvalue weighted by Crippen LogP contribution is -2.25. The SMILES string of the molecule is Cc1ccc(-c2nc3c(cc2-c2ccc4ncccc4c2)C=C(c2ncco2)C(O)N3)o1. The van der Waals surface area contributed by atoms with E-state index >= 15 is 0 Å². The summed E-state index contributed by atoms with van der Waals surface area (Å²) >= 11 is 0. The van der Waals surface area contributed by atoms with Crippen LogP contribution in [0.25, 0.3) is 45.1 Å². The minimum absolute atomic E-state index is 0.361. The van der Waals surface area contributed by atoms with E-state index in [0.717, 1.165) is 33.4 Å². The molecular weight excluding hydrogens is 404 g/mol. The van der Waals surface area contributed by atoms with Crippen LogP contribution in [0.4, 0.5) is 5.82 Å². The van der Waals surface area contributed by atoms with Crippen molar-refractivity contribution in [2.45, 2.75) is 13.2 Å². The number of aromatic nitrogens is 3. The molecule has 1 unspecified atom stereocenters. The van der Waals surface area contributed by atoms with Crippen molar-refractivity contribution in [1.82, 2.24) is 15.0 Å². The predicted molar refractivity (Wildman–Crippen MR) is 121 cm³/mol. The maximum Gasteiger partial charge on any atom is 0.226 e. The van der Waals surface area contributed by atoms with Crippen molar-refractivity contribution >= 4 is 28.4 Å². The third kappa shape index (κ3) is 3.07. The van der Waals surface area contributed by atoms with E-state index in [-0.39, 0.29) is 0 Å². The van der Waals surface area contributed by atoms with Crippen molar-refractivity contribution < 1.29 is 13.9 Å². The number of benzene rings is 1. The zero-order valence-electron chi connectivity index (χ0n) is 17.1. The number of hydrogen-bond acceptors (Lipinski definition) is 7. The lowest BCUT2D eigenvalue weighted by atomic mass is 9.96. The monoisotopic (exact) mass is 422 g/mol. The number of anilines is 1. The molecule has 1 aromatic carbocycles. The predicted octanol–water partition coefficient (Wildman–Crippen LogP) is 5.14. The summed E-state index contributed by atoms with van der Waals surface area (Å²) in [6.07, 6.45) is 5.67. The summed E-state index contributed by atoms with van der Waals surface area (Å²) < 4.78 is 11.3. The highest BCUT2D eigenvalue weighted by Crippen LogP contribution is 2.39. The molecule has 0 bridgehead atoms. The van der Waals surface area contributed by atoms with Gasteiger partial charge in [-0.2, -0.15) is 0 Å². The van der Waals surface area contributed by atoms with Crippen LogP contribution in [0.5, 0.6) is 0 Å². The lowest BCUT2D eigenvalue weighted by molar-refractivity contribution is 0.257. The van der Waals surface area contributed by atoms with E-state index in [1.54, 1.807) is 12.4 Å². The Labute approximate surface area is 183 Å². The molecule has 7 heteroatoms. The molecule has 7 nitrogen and oxygen atoms in total. The van der Waals surface area contributed by atoms with Gasteiger partial charge in [-0.1, -0.05) is 12.1 Å². The van der Waals surface area contributed by atoms with Gasteiger partial charge in [-0.05, 0) is 55.0 Å². The number of nitrogens with zero attached hydrogens (tertiary/aromatic N) is 3. The maximum absolute atomic E-state index is 10.6. The van der Waals surface area contributed by atoms with Crippen molar-refractivity contribution in [3.05, 3.63) is 84.4 Å². The maximum atomic E-state index is 10.6. The topological polar surface area (TPSA) is 97.2 Å². The van der Waals surface area contributed by atoms with Gasteiger partial charge in [0.05, 0.1) is 17.3 Å². The van der Waals surface area contributed by atoms with Gasteiger partial charge >= 0.3 is 0 Å². The van der Waals surface area contributed by atoms with Crippen molar-refractivity contribution in [3.8, 4) is 22.6 Å². The number of furan rings is 1. The van der Waals surface area contributed by atoms with E-state index in [0.29, 0.717) is 28.7 Å². The minimum Gasteiger partial charge on any atom is -0.460 e. The Bertz CT molecular complexity index is 1480. The first-order valence-electron chi connectivity index (χ1n) is 10.2. The van der Waals surface area contributed by atoms with Gasteiger partial charge < -0.3 is 19.3 Å². The van der Waals surface area contributed by atoms with Gasteiger partial charge in [0.15, 0.2) is 12.0 Å². The average Bonchev–Trinajstić information content (AvgIpc) is 3.49. The van der Waals surface area contributed by atoms with Crippen LogP contribution in [0, 0.1) is 6.92 Å². The zero-order chi connectivity index (χ0) is 21.7. The van der Waals surface area contributed by atoms with Crippen LogP contribution in [0.1, 0.15) is 17.2 Å². The van der Waals surface area contributed by atoms with E-state index < -0.39 is 6.23 Å². The fourth-order valence-corrected chi connectivity index (χ4v) is 3.97. The number of rotatable bonds is 3. The fraction of sp³-hybridized carbons (Fsp3) is 0.0800. The van der Waals surface area contributed by atoms with Gasteiger partial charge in [0.25, 0.3) is 0 Å². The molecule has 0 amide bonds. The number of aryl methyl sites for hydroxylation is 1. The highest BCUT2D eigenvalue weighted by molar-refractivity contribution is 5.94. The molecule has 0 spiro atoms. The van der Waals surface area contributed by atoms with E-state index in [9.17, 15) is 5.11 Å². The normalized spacial score (nSPS) is 15.3. The van der Waals surface area contributed by atoms with Crippen molar-refractivity contribution in [2.24, 2.45) is 0 Å². The number of aliphatic hydroxyl groups excluding tert-OH is 1. The van der Waals surface area contributed by atoms with Crippen LogP contribution >= 0.6 is 0 Å². The largest absolute Gasteiger partial charge is 0.460 e. The van der Waals surface area contributed by atoms with Crippen LogP contribution in [0.3, 0.4) is 0 Å². The number of fused-ring (bicyclic) bond motifs is 2. The average molecular weight is 422 g/mol. The summed E-state index contributed by atoms with van der Waals surface area (Å²) in [6.45, 7) is 1.90. The molecule has 5 heterocycles. The molecule has 6 rings (SSSR count). The molecule has 5 aromatic rings. The molecule has 2 N–H and O–H groups in total. The molecule has 0 aliphatic carbocycles. The lowest BCUT2D eigenvalue weighted by Gasteiger charge is -2.23. The van der Waals surface area contributed by atoms with Crippen molar-refractivity contribution in [1.29, 1.82) is 0 Å². The smallest absolute Gasteiger partial charge is 0.226 e. The summed E-state index contributed by atoms with van der Waals surface area (Å²) in [5.74, 6) is 2.38. The molecule has 1 atom stereocenters. The Morgan fingerprint density at radius 3 is 2.78 bits per heavy atom. The zero-order valence-corrected chi connectivity index (χ0v) is 17.1. The van der Waals surface area contributed by atoms with Gasteiger partial charge in [0.1, 0.15) is 23.5 Å². The molecule has 156 valence electrons. The Kier molecular flexibility index (Phi) is 4.16. The summed E-state index contributed by atoms with van der Waals surface area (Å²) in [4.78, 5) is 13.4. The molecule has 32 heavy (non-hydrogen) atoms. The second kappa shape index (κ2) is 7.18. The standard InChI is InChI=1S/C25H18N4O3/c1-14-4-7-21(32-14)22-18(15-5-6-20-16(11-15)3-2-8-26-20)12-17-13-19(25-27-9-10-31-25)24(30)29-23(17)28-22/h2-13,24,30H,1H3,(H,28,29). The first-order chi connectivity index (χ1) is 15.7. The molecule has 0 saturated carbocycles. The highest BCUT2D eigenvalue weighted by atomic mass is 16.3. The van der Waals surface area contributed by atoms with Crippen LogP contribution in [0.2, 0.25) is 0 Å². The minimum atomic E-state index is -0.988. The van der Waals surface area contributed by atoms with Crippen molar-refractivity contribution in [2.75, 3.05) is 5.32 Å². The van der Waals surface area contributed by atoms with Gasteiger partial charge in [-0.3, -0.25) is 4.98 Å². The Balaban J connectivity index is 1.58. The quantitative estimate of drug-likeness (QED) is 0.416. The Morgan fingerprint density at radius 2 is 1.97 bits per heavy atom. The highest BCUT2D eigenvalue weighted by Gasteiger charge is 2.26. The number of aliphatic hydroxyl groups is 1. The van der Waals surface area contributed by atoms with Gasteiger partial charge in [-0.15, -0.1) is 0 Å². The van der Waals surface area contributed by atoms with Crippen LogP contribution in [-0.4, -0.2) is 26.3 Å². The third-order valence-electron chi connectivity index (χ3n) is 5.50. The van der Waals surface area contributed by atoms with E-state index in [1.807, 2.05) is 55.5 Å². The van der Waals surface area contributed by atoms with E-state index in [1.165, 1.54) is 6.26 Å². The Morgan fingerprint density at radius 1 is 1.03 bits per heavy atom. The van der Waals surface area contributed by atoms with Crippen molar-refractivity contribution in [3.63, 3.8) is 0 Å². The summed E-state index contributed by atoms with van der Waals surface area (Å²) in [6, 6.07) is 15.9. The molecular formula is C25H18N4O3. The number of nitrogens with one attached hydrogen (secondary N) is 1. The summed E-state index contributed by atoms with van der Waals surface area (Å²) in [7, 11) is 0.